The van der Waals surface area contributed by atoms with E-state index in [0.29, 0.717) is 15.2 Å². The summed E-state index contributed by atoms with van der Waals surface area (Å²) in [6.45, 7) is 2.14. The van der Waals surface area contributed by atoms with Gasteiger partial charge >= 0.3 is 0 Å². The van der Waals surface area contributed by atoms with Crippen LogP contribution in [0.2, 0.25) is 0 Å². The fraction of sp³-hybridized carbons (Fsp3) is 0.143. The van der Waals surface area contributed by atoms with Crippen molar-refractivity contribution in [2.75, 3.05) is 0 Å². The summed E-state index contributed by atoms with van der Waals surface area (Å²) in [6, 6.07) is 12.2. The summed E-state index contributed by atoms with van der Waals surface area (Å²) in [6.07, 6.45) is 1.04. The molecule has 2 aromatic rings. The third-order valence-corrected chi connectivity index (χ3v) is 3.39. The predicted molar refractivity (Wildman–Crippen MR) is 82.3 cm³/mol. The van der Waals surface area contributed by atoms with Gasteiger partial charge < -0.3 is 10.7 Å². The molecule has 2 rings (SSSR count). The maximum Gasteiger partial charge on any atom is 0.113 e. The number of aryl methyl sites for hydroxylation is 1. The fourth-order valence-electron chi connectivity index (χ4n) is 1.76. The molecule has 1 aromatic heterocycles. The first kappa shape index (κ1) is 12.9. The smallest absolute Gasteiger partial charge is 0.113 e. The van der Waals surface area contributed by atoms with E-state index in [4.69, 9.17) is 30.2 Å². The third-order valence-electron chi connectivity index (χ3n) is 2.85. The van der Waals surface area contributed by atoms with E-state index in [1.807, 2.05) is 12.1 Å². The highest BCUT2D eigenvalue weighted by atomic mass is 32.1. The summed E-state index contributed by atoms with van der Waals surface area (Å²) in [5.74, 6) is 0. The van der Waals surface area contributed by atoms with Crippen LogP contribution in [0.3, 0.4) is 0 Å². The van der Waals surface area contributed by atoms with E-state index in [1.165, 1.54) is 5.56 Å². The van der Waals surface area contributed by atoms with Gasteiger partial charge in [0.1, 0.15) is 9.63 Å². The Morgan fingerprint density at radius 2 is 1.83 bits per heavy atom. The van der Waals surface area contributed by atoms with Crippen LogP contribution in [0.15, 0.2) is 36.4 Å². The largest absolute Gasteiger partial charge is 0.389 e. The Hall–Kier alpha value is -1.52. The van der Waals surface area contributed by atoms with E-state index in [1.54, 1.807) is 0 Å². The number of hydrogen-bond acceptors (Lipinski definition) is 2. The quantitative estimate of drug-likeness (QED) is 0.840. The van der Waals surface area contributed by atoms with Gasteiger partial charge in [0, 0.05) is 11.3 Å². The molecule has 18 heavy (non-hydrogen) atoms. The van der Waals surface area contributed by atoms with E-state index < -0.39 is 0 Å². The monoisotopic (exact) mass is 274 g/mol. The Bertz CT molecular complexity index is 627. The molecule has 4 heteroatoms. The Morgan fingerprint density at radius 1 is 1.17 bits per heavy atom. The Kier molecular flexibility index (Phi) is 3.89. The van der Waals surface area contributed by atoms with Gasteiger partial charge in [-0.05, 0) is 29.7 Å². The third kappa shape index (κ3) is 2.66. The van der Waals surface area contributed by atoms with Crippen molar-refractivity contribution < 1.29 is 0 Å². The summed E-state index contributed by atoms with van der Waals surface area (Å²) in [5.41, 5.74) is 9.70. The number of thiocarbonyl (C=S) groups is 1. The van der Waals surface area contributed by atoms with Crippen molar-refractivity contribution in [3.8, 4) is 11.3 Å². The SMILES string of the molecule is CCc1ccc(-c2ccc(C(N)=S)c(=S)[nH]2)cc1. The Balaban J connectivity index is 2.42. The highest BCUT2D eigenvalue weighted by Gasteiger charge is 2.02. The molecule has 1 aromatic carbocycles. The van der Waals surface area contributed by atoms with E-state index in [9.17, 15) is 0 Å². The van der Waals surface area contributed by atoms with Crippen molar-refractivity contribution in [2.45, 2.75) is 13.3 Å². The van der Waals surface area contributed by atoms with Gasteiger partial charge in [-0.1, -0.05) is 55.6 Å². The number of nitrogens with two attached hydrogens (primary N) is 1. The van der Waals surface area contributed by atoms with Crippen molar-refractivity contribution in [1.29, 1.82) is 0 Å². The van der Waals surface area contributed by atoms with Crippen molar-refractivity contribution in [3.05, 3.63) is 52.2 Å². The zero-order valence-electron chi connectivity index (χ0n) is 10.1. The number of hydrogen-bond donors (Lipinski definition) is 2. The van der Waals surface area contributed by atoms with Gasteiger partial charge in [-0.3, -0.25) is 0 Å². The van der Waals surface area contributed by atoms with Crippen LogP contribution in [0.4, 0.5) is 0 Å². The second kappa shape index (κ2) is 5.42. The molecule has 0 unspecified atom stereocenters. The molecular weight excluding hydrogens is 260 g/mol. The van der Waals surface area contributed by atoms with E-state index in [-0.39, 0.29) is 0 Å². The Labute approximate surface area is 117 Å². The lowest BCUT2D eigenvalue weighted by atomic mass is 10.1. The summed E-state index contributed by atoms with van der Waals surface area (Å²) >= 11 is 10.2. The van der Waals surface area contributed by atoms with E-state index in [2.05, 4.69) is 36.2 Å². The van der Waals surface area contributed by atoms with Crippen LogP contribution in [-0.2, 0) is 6.42 Å². The molecule has 3 N–H and O–H groups in total. The summed E-state index contributed by atoms with van der Waals surface area (Å²) in [5, 5.41) is 0. The molecule has 0 atom stereocenters. The maximum atomic E-state index is 5.59. The standard InChI is InChI=1S/C14H14N2S2/c1-2-9-3-5-10(6-4-9)12-8-7-11(13(15)17)14(18)16-12/h3-8H,2H2,1H3,(H2,15,17)(H,16,18). The molecule has 0 fully saturated rings. The van der Waals surface area contributed by atoms with Crippen LogP contribution in [0.5, 0.6) is 0 Å². The van der Waals surface area contributed by atoms with Crippen molar-refractivity contribution in [3.63, 3.8) is 0 Å². The number of aromatic amines is 1. The van der Waals surface area contributed by atoms with Crippen LogP contribution < -0.4 is 5.73 Å². The molecule has 92 valence electrons. The van der Waals surface area contributed by atoms with Crippen molar-refractivity contribution in [2.24, 2.45) is 5.73 Å². The average Bonchev–Trinajstić information content (AvgIpc) is 2.38. The van der Waals surface area contributed by atoms with Crippen molar-refractivity contribution in [1.82, 2.24) is 4.98 Å². The first-order valence-electron chi connectivity index (χ1n) is 5.74. The molecule has 0 saturated heterocycles. The summed E-state index contributed by atoms with van der Waals surface area (Å²) < 4.78 is 0.583. The van der Waals surface area contributed by atoms with E-state index >= 15 is 0 Å². The molecule has 0 bridgehead atoms. The normalized spacial score (nSPS) is 10.3. The topological polar surface area (TPSA) is 41.8 Å². The molecule has 0 aliphatic heterocycles. The molecule has 0 saturated carbocycles. The number of pyridine rings is 1. The highest BCUT2D eigenvalue weighted by Crippen LogP contribution is 2.18. The molecule has 2 nitrogen and oxygen atoms in total. The number of rotatable bonds is 3. The first-order valence-corrected chi connectivity index (χ1v) is 6.56. The Morgan fingerprint density at radius 3 is 2.33 bits per heavy atom. The number of aromatic nitrogens is 1. The first-order chi connectivity index (χ1) is 8.61. The van der Waals surface area contributed by atoms with Gasteiger partial charge in [-0.15, -0.1) is 0 Å². The molecule has 0 amide bonds. The van der Waals surface area contributed by atoms with Gasteiger partial charge in [0.25, 0.3) is 0 Å². The van der Waals surface area contributed by atoms with Gasteiger partial charge in [0.15, 0.2) is 0 Å². The molecular formula is C14H14N2S2. The minimum Gasteiger partial charge on any atom is -0.389 e. The van der Waals surface area contributed by atoms with Crippen molar-refractivity contribution >= 4 is 29.4 Å². The fourth-order valence-corrected chi connectivity index (χ4v) is 2.28. The van der Waals surface area contributed by atoms with Crippen LogP contribution in [0, 0.1) is 4.64 Å². The van der Waals surface area contributed by atoms with Crippen LogP contribution in [0.25, 0.3) is 11.3 Å². The van der Waals surface area contributed by atoms with Gasteiger partial charge in [0.2, 0.25) is 0 Å². The van der Waals surface area contributed by atoms with Gasteiger partial charge in [-0.2, -0.15) is 0 Å². The lowest BCUT2D eigenvalue weighted by Gasteiger charge is -2.05. The predicted octanol–water partition coefficient (Wildman–Crippen LogP) is 3.61. The highest BCUT2D eigenvalue weighted by molar-refractivity contribution is 7.80. The summed E-state index contributed by atoms with van der Waals surface area (Å²) in [4.78, 5) is 3.48. The van der Waals surface area contributed by atoms with Crippen LogP contribution in [0.1, 0.15) is 18.1 Å². The van der Waals surface area contributed by atoms with Crippen LogP contribution >= 0.6 is 24.4 Å². The average molecular weight is 274 g/mol. The zero-order chi connectivity index (χ0) is 13.1. The molecule has 0 aliphatic rings. The maximum absolute atomic E-state index is 5.59. The number of H-pyrrole nitrogens is 1. The minimum atomic E-state index is 0.323. The minimum absolute atomic E-state index is 0.323. The zero-order valence-corrected chi connectivity index (χ0v) is 11.7. The van der Waals surface area contributed by atoms with Crippen LogP contribution in [-0.4, -0.2) is 9.97 Å². The lowest BCUT2D eigenvalue weighted by molar-refractivity contribution is 1.14. The number of nitrogens with one attached hydrogen (secondary N) is 1. The van der Waals surface area contributed by atoms with E-state index in [0.717, 1.165) is 17.7 Å². The summed E-state index contributed by atoms with van der Waals surface area (Å²) in [7, 11) is 0. The molecule has 0 spiro atoms. The molecule has 1 heterocycles. The second-order valence-electron chi connectivity index (χ2n) is 4.03. The second-order valence-corrected chi connectivity index (χ2v) is 4.88. The number of benzene rings is 1. The molecule has 0 radical (unpaired) electrons. The van der Waals surface area contributed by atoms with Gasteiger partial charge in [0.05, 0.1) is 0 Å². The lowest BCUT2D eigenvalue weighted by Crippen LogP contribution is -2.10. The molecule has 0 aliphatic carbocycles. The van der Waals surface area contributed by atoms with Gasteiger partial charge in [-0.25, -0.2) is 0 Å².